The molecule has 2 aromatic rings. The summed E-state index contributed by atoms with van der Waals surface area (Å²) in [6, 6.07) is 1.99. The average molecular weight is 279 g/mol. The number of hydrogen-bond donors (Lipinski definition) is 1. The molecule has 0 bridgehead atoms. The molecule has 0 aliphatic heterocycles. The molecule has 1 N–H and O–H groups in total. The summed E-state index contributed by atoms with van der Waals surface area (Å²) in [6.07, 6.45) is 4.22. The van der Waals surface area contributed by atoms with Gasteiger partial charge in [-0.25, -0.2) is 4.98 Å². The number of aryl methyl sites for hydroxylation is 2. The van der Waals surface area contributed by atoms with Crippen molar-refractivity contribution in [3.05, 3.63) is 22.6 Å². The van der Waals surface area contributed by atoms with E-state index >= 15 is 0 Å². The Labute approximate surface area is 118 Å². The zero-order chi connectivity index (χ0) is 13.8. The van der Waals surface area contributed by atoms with Crippen molar-refractivity contribution in [1.29, 1.82) is 0 Å². The highest BCUT2D eigenvalue weighted by atomic mass is 32.1. The van der Waals surface area contributed by atoms with Gasteiger partial charge in [0.05, 0.1) is 11.6 Å². The second kappa shape index (κ2) is 6.30. The molecule has 2 heterocycles. The Morgan fingerprint density at radius 1 is 1.42 bits per heavy atom. The smallest absolute Gasteiger partial charge is 0.179 e. The lowest BCUT2D eigenvalue weighted by Crippen LogP contribution is -2.05. The van der Waals surface area contributed by atoms with Crippen LogP contribution in [0.25, 0.3) is 11.2 Å². The topological polar surface area (TPSA) is 42.8 Å². The van der Waals surface area contributed by atoms with Crippen LogP contribution in [0.4, 0.5) is 0 Å². The largest absolute Gasteiger partial charge is 0.379 e. The number of nitrogens with one attached hydrogen (secondary N) is 1. The van der Waals surface area contributed by atoms with E-state index in [1.807, 2.05) is 12.3 Å². The molecule has 0 aliphatic rings. The molecule has 0 radical (unpaired) electrons. The van der Waals surface area contributed by atoms with Crippen molar-refractivity contribution in [2.75, 3.05) is 6.61 Å². The fourth-order valence-electron chi connectivity index (χ4n) is 2.07. The lowest BCUT2D eigenvalue weighted by molar-refractivity contribution is 0.0754. The van der Waals surface area contributed by atoms with Gasteiger partial charge in [-0.15, -0.1) is 0 Å². The molecular formula is C14H21N3OS. The van der Waals surface area contributed by atoms with Crippen molar-refractivity contribution in [2.24, 2.45) is 0 Å². The number of unbranched alkanes of at least 4 members (excludes halogenated alkanes) is 1. The normalized spacial score (nSPS) is 11.6. The number of nitrogens with zero attached hydrogens (tertiary/aromatic N) is 2. The molecular weight excluding hydrogens is 258 g/mol. The van der Waals surface area contributed by atoms with Crippen molar-refractivity contribution in [1.82, 2.24) is 14.5 Å². The standard InChI is InChI=1S/C14H21N3OS/c1-10(2)18-9-5-4-8-17-13-12(16-14(17)19)11(3)6-7-15-13/h6-7,10H,4-5,8-9H2,1-3H3,(H,16,19). The van der Waals surface area contributed by atoms with Crippen LogP contribution in [0.5, 0.6) is 0 Å². The minimum absolute atomic E-state index is 0.305. The van der Waals surface area contributed by atoms with E-state index in [1.54, 1.807) is 0 Å². The molecule has 0 unspecified atom stereocenters. The maximum atomic E-state index is 5.54. The molecule has 5 heteroatoms. The third kappa shape index (κ3) is 3.42. The highest BCUT2D eigenvalue weighted by Gasteiger charge is 2.07. The van der Waals surface area contributed by atoms with Crippen LogP contribution in [0.1, 0.15) is 32.3 Å². The number of hydrogen-bond acceptors (Lipinski definition) is 3. The van der Waals surface area contributed by atoms with Crippen LogP contribution in [0, 0.1) is 11.7 Å². The van der Waals surface area contributed by atoms with Crippen LogP contribution in [0.15, 0.2) is 12.3 Å². The van der Waals surface area contributed by atoms with E-state index in [4.69, 9.17) is 17.0 Å². The molecule has 4 nitrogen and oxygen atoms in total. The zero-order valence-corrected chi connectivity index (χ0v) is 12.6. The molecule has 0 saturated heterocycles. The molecule has 2 aromatic heterocycles. The summed E-state index contributed by atoms with van der Waals surface area (Å²) in [4.78, 5) is 7.66. The van der Waals surface area contributed by atoms with Crippen LogP contribution >= 0.6 is 12.2 Å². The number of H-pyrrole nitrogens is 1. The van der Waals surface area contributed by atoms with E-state index in [0.29, 0.717) is 6.10 Å². The maximum absolute atomic E-state index is 5.54. The van der Waals surface area contributed by atoms with E-state index in [9.17, 15) is 0 Å². The van der Waals surface area contributed by atoms with Gasteiger partial charge in [0.1, 0.15) is 0 Å². The Morgan fingerprint density at radius 3 is 2.95 bits per heavy atom. The van der Waals surface area contributed by atoms with Crippen LogP contribution in [-0.4, -0.2) is 27.2 Å². The van der Waals surface area contributed by atoms with Gasteiger partial charge in [0, 0.05) is 19.3 Å². The fourth-order valence-corrected chi connectivity index (χ4v) is 2.35. The van der Waals surface area contributed by atoms with E-state index in [2.05, 4.69) is 35.3 Å². The predicted molar refractivity (Wildman–Crippen MR) is 80.0 cm³/mol. The summed E-state index contributed by atoms with van der Waals surface area (Å²) < 4.78 is 8.37. The van der Waals surface area contributed by atoms with Gasteiger partial charge < -0.3 is 14.3 Å². The third-order valence-corrected chi connectivity index (χ3v) is 3.42. The van der Waals surface area contributed by atoms with Gasteiger partial charge in [-0.05, 0) is 57.5 Å². The highest BCUT2D eigenvalue weighted by Crippen LogP contribution is 2.15. The van der Waals surface area contributed by atoms with Crippen molar-refractivity contribution < 1.29 is 4.74 Å². The predicted octanol–water partition coefficient (Wildman–Crippen LogP) is 3.61. The van der Waals surface area contributed by atoms with Crippen LogP contribution in [0.2, 0.25) is 0 Å². The monoisotopic (exact) mass is 279 g/mol. The summed E-state index contributed by atoms with van der Waals surface area (Å²) >= 11 is 5.37. The summed E-state index contributed by atoms with van der Waals surface area (Å²) in [5, 5.41) is 0. The number of ether oxygens (including phenoxy) is 1. The Hall–Kier alpha value is -1.20. The Balaban J connectivity index is 2.03. The number of rotatable bonds is 6. The van der Waals surface area contributed by atoms with E-state index in [1.165, 1.54) is 5.56 Å². The Bertz CT molecular complexity index is 600. The summed E-state index contributed by atoms with van der Waals surface area (Å²) in [5.74, 6) is 0. The van der Waals surface area contributed by atoms with Crippen LogP contribution in [0.3, 0.4) is 0 Å². The molecule has 0 atom stereocenters. The first-order chi connectivity index (χ1) is 9.09. The van der Waals surface area contributed by atoms with Gasteiger partial charge in [0.2, 0.25) is 0 Å². The van der Waals surface area contributed by atoms with Gasteiger partial charge in [0.25, 0.3) is 0 Å². The average Bonchev–Trinajstić information content (AvgIpc) is 2.67. The van der Waals surface area contributed by atoms with Crippen LogP contribution in [-0.2, 0) is 11.3 Å². The quantitative estimate of drug-likeness (QED) is 0.649. The number of aromatic amines is 1. The Morgan fingerprint density at radius 2 is 2.21 bits per heavy atom. The zero-order valence-electron chi connectivity index (χ0n) is 11.8. The van der Waals surface area contributed by atoms with Crippen molar-refractivity contribution in [2.45, 2.75) is 46.3 Å². The molecule has 0 spiro atoms. The minimum atomic E-state index is 0.305. The highest BCUT2D eigenvalue weighted by molar-refractivity contribution is 7.71. The summed E-state index contributed by atoms with van der Waals surface area (Å²) in [5.41, 5.74) is 3.18. The molecule has 0 amide bonds. The molecule has 104 valence electrons. The summed E-state index contributed by atoms with van der Waals surface area (Å²) in [7, 11) is 0. The molecule has 19 heavy (non-hydrogen) atoms. The SMILES string of the molecule is Cc1ccnc2c1[nH]c(=S)n2CCCCOC(C)C. The van der Waals surface area contributed by atoms with Crippen molar-refractivity contribution >= 4 is 23.4 Å². The number of imidazole rings is 1. The van der Waals surface area contributed by atoms with E-state index in [0.717, 1.165) is 41.9 Å². The molecule has 2 rings (SSSR count). The first-order valence-electron chi connectivity index (χ1n) is 6.75. The van der Waals surface area contributed by atoms with Gasteiger partial charge in [-0.1, -0.05) is 0 Å². The number of fused-ring (bicyclic) bond motifs is 1. The fraction of sp³-hybridized carbons (Fsp3) is 0.571. The lowest BCUT2D eigenvalue weighted by atomic mass is 10.2. The maximum Gasteiger partial charge on any atom is 0.179 e. The lowest BCUT2D eigenvalue weighted by Gasteiger charge is -2.07. The minimum Gasteiger partial charge on any atom is -0.379 e. The summed E-state index contributed by atoms with van der Waals surface area (Å²) in [6.45, 7) is 7.87. The van der Waals surface area contributed by atoms with Crippen LogP contribution < -0.4 is 0 Å². The second-order valence-electron chi connectivity index (χ2n) is 5.03. The molecule has 0 aromatic carbocycles. The van der Waals surface area contributed by atoms with Crippen molar-refractivity contribution in [3.8, 4) is 0 Å². The van der Waals surface area contributed by atoms with Crippen molar-refractivity contribution in [3.63, 3.8) is 0 Å². The van der Waals surface area contributed by atoms with Gasteiger partial charge in [-0.3, -0.25) is 0 Å². The van der Waals surface area contributed by atoms with Gasteiger partial charge in [0.15, 0.2) is 10.4 Å². The Kier molecular flexibility index (Phi) is 4.71. The van der Waals surface area contributed by atoms with E-state index < -0.39 is 0 Å². The van der Waals surface area contributed by atoms with E-state index in [-0.39, 0.29) is 0 Å². The van der Waals surface area contributed by atoms with Gasteiger partial charge >= 0.3 is 0 Å². The first kappa shape index (κ1) is 14.2. The number of pyridine rings is 1. The van der Waals surface area contributed by atoms with Gasteiger partial charge in [-0.2, -0.15) is 0 Å². The molecule has 0 fully saturated rings. The first-order valence-corrected chi connectivity index (χ1v) is 7.16. The second-order valence-corrected chi connectivity index (χ2v) is 5.42. The molecule has 0 saturated carbocycles. The molecule has 0 aliphatic carbocycles. The third-order valence-electron chi connectivity index (χ3n) is 3.10. The number of aromatic nitrogens is 3.